The summed E-state index contributed by atoms with van der Waals surface area (Å²) in [5, 5.41) is 0.617. The maximum Gasteiger partial charge on any atom is 0.150 e. The van der Waals surface area contributed by atoms with Gasteiger partial charge in [0, 0.05) is 18.9 Å². The van der Waals surface area contributed by atoms with Crippen LogP contribution in [-0.2, 0) is 24.2 Å². The van der Waals surface area contributed by atoms with Crippen molar-refractivity contribution in [3.05, 3.63) is 16.7 Å². The third-order valence-corrected chi connectivity index (χ3v) is 3.08. The second-order valence-corrected chi connectivity index (χ2v) is 4.02. The van der Waals surface area contributed by atoms with E-state index in [0.717, 1.165) is 43.6 Å². The molecule has 1 atom stereocenters. The van der Waals surface area contributed by atoms with Gasteiger partial charge in [0.2, 0.25) is 0 Å². The van der Waals surface area contributed by atoms with E-state index in [1.807, 2.05) is 0 Å². The van der Waals surface area contributed by atoms with Crippen LogP contribution in [0.1, 0.15) is 24.9 Å². The molecule has 14 heavy (non-hydrogen) atoms. The minimum absolute atomic E-state index is 0.137. The van der Waals surface area contributed by atoms with E-state index < -0.39 is 0 Å². The van der Waals surface area contributed by atoms with Crippen LogP contribution in [0.4, 0.5) is 0 Å². The molecule has 0 saturated heterocycles. The molecule has 2 heterocycles. The van der Waals surface area contributed by atoms with E-state index in [4.69, 9.17) is 11.6 Å². The first-order valence-corrected chi connectivity index (χ1v) is 5.33. The van der Waals surface area contributed by atoms with Crippen LogP contribution in [0.3, 0.4) is 0 Å². The molecule has 0 aliphatic carbocycles. The van der Waals surface area contributed by atoms with Gasteiger partial charge in [0.25, 0.3) is 0 Å². The predicted molar refractivity (Wildman–Crippen MR) is 54.5 cm³/mol. The molecule has 0 bridgehead atoms. The van der Waals surface area contributed by atoms with Gasteiger partial charge in [-0.2, -0.15) is 0 Å². The van der Waals surface area contributed by atoms with Gasteiger partial charge in [0.05, 0.1) is 5.69 Å². The van der Waals surface area contributed by atoms with Crippen molar-refractivity contribution < 1.29 is 4.79 Å². The predicted octanol–water partition coefficient (Wildman–Crippen LogP) is 1.86. The van der Waals surface area contributed by atoms with E-state index in [2.05, 4.69) is 16.5 Å². The second kappa shape index (κ2) is 3.73. The molecule has 1 unspecified atom stereocenters. The normalized spacial score (nSPS) is 20.6. The van der Waals surface area contributed by atoms with E-state index in [1.165, 1.54) is 0 Å². The number of carbonyl (C=O) groups excluding carboxylic acids is 1. The van der Waals surface area contributed by atoms with E-state index >= 15 is 0 Å². The number of carbonyl (C=O) groups is 1. The number of imidazole rings is 1. The number of aryl methyl sites for hydroxylation is 1. The van der Waals surface area contributed by atoms with Gasteiger partial charge < -0.3 is 9.36 Å². The highest BCUT2D eigenvalue weighted by Gasteiger charge is 2.23. The summed E-state index contributed by atoms with van der Waals surface area (Å²) >= 11 is 6.01. The summed E-state index contributed by atoms with van der Waals surface area (Å²) in [6, 6.07) is 0. The average Bonchev–Trinajstić information content (AvgIpc) is 2.55. The number of hydrogen-bond acceptors (Lipinski definition) is 2. The van der Waals surface area contributed by atoms with Crippen LogP contribution in [0.2, 0.25) is 5.15 Å². The SMILES string of the molecule is CCc1nc(Cl)c2n1CC(C=O)CC2. The third-order valence-electron chi connectivity index (χ3n) is 2.78. The molecule has 0 saturated carbocycles. The number of aromatic nitrogens is 2. The maximum absolute atomic E-state index is 10.7. The zero-order chi connectivity index (χ0) is 10.1. The lowest BCUT2D eigenvalue weighted by Gasteiger charge is -2.21. The molecule has 1 aliphatic heterocycles. The van der Waals surface area contributed by atoms with Crippen LogP contribution >= 0.6 is 11.6 Å². The minimum atomic E-state index is 0.137. The van der Waals surface area contributed by atoms with Crippen molar-refractivity contribution in [3.63, 3.8) is 0 Å². The van der Waals surface area contributed by atoms with Gasteiger partial charge in [-0.1, -0.05) is 18.5 Å². The smallest absolute Gasteiger partial charge is 0.150 e. The van der Waals surface area contributed by atoms with Gasteiger partial charge in [0.1, 0.15) is 12.1 Å². The van der Waals surface area contributed by atoms with Crippen LogP contribution in [0, 0.1) is 5.92 Å². The van der Waals surface area contributed by atoms with E-state index in [1.54, 1.807) is 0 Å². The second-order valence-electron chi connectivity index (χ2n) is 3.66. The Labute approximate surface area is 88.1 Å². The molecule has 0 amide bonds. The minimum Gasteiger partial charge on any atom is -0.330 e. The molecule has 0 radical (unpaired) electrons. The lowest BCUT2D eigenvalue weighted by atomic mass is 10.00. The van der Waals surface area contributed by atoms with E-state index in [-0.39, 0.29) is 5.92 Å². The lowest BCUT2D eigenvalue weighted by Crippen LogP contribution is -2.22. The molecule has 1 aromatic heterocycles. The Bertz CT molecular complexity index is 359. The van der Waals surface area contributed by atoms with Crippen LogP contribution in [0.5, 0.6) is 0 Å². The highest BCUT2D eigenvalue weighted by atomic mass is 35.5. The Balaban J connectivity index is 2.38. The molecule has 0 fully saturated rings. The summed E-state index contributed by atoms with van der Waals surface area (Å²) in [6.07, 6.45) is 3.68. The summed E-state index contributed by atoms with van der Waals surface area (Å²) in [7, 11) is 0. The molecular formula is C10H13ClN2O. The topological polar surface area (TPSA) is 34.9 Å². The zero-order valence-electron chi connectivity index (χ0n) is 8.16. The Hall–Kier alpha value is -0.830. The summed E-state index contributed by atoms with van der Waals surface area (Å²) in [6.45, 7) is 2.80. The third kappa shape index (κ3) is 1.46. The first-order valence-electron chi connectivity index (χ1n) is 4.95. The number of rotatable bonds is 2. The highest BCUT2D eigenvalue weighted by Crippen LogP contribution is 2.26. The summed E-state index contributed by atoms with van der Waals surface area (Å²) < 4.78 is 2.10. The molecule has 2 rings (SSSR count). The van der Waals surface area contributed by atoms with E-state index in [0.29, 0.717) is 5.15 Å². The molecule has 1 aromatic rings. The largest absolute Gasteiger partial charge is 0.330 e. The summed E-state index contributed by atoms with van der Waals surface area (Å²) in [5.74, 6) is 1.13. The fourth-order valence-electron chi connectivity index (χ4n) is 1.99. The van der Waals surface area contributed by atoms with Gasteiger partial charge >= 0.3 is 0 Å². The van der Waals surface area contributed by atoms with Crippen molar-refractivity contribution in [3.8, 4) is 0 Å². The Kier molecular flexibility index (Phi) is 2.59. The Morgan fingerprint density at radius 3 is 3.14 bits per heavy atom. The molecule has 0 N–H and O–H groups in total. The first kappa shape index (κ1) is 9.71. The van der Waals surface area contributed by atoms with Gasteiger partial charge in [-0.25, -0.2) is 4.98 Å². The lowest BCUT2D eigenvalue weighted by molar-refractivity contribution is -0.111. The number of fused-ring (bicyclic) bond motifs is 1. The van der Waals surface area contributed by atoms with Gasteiger partial charge in [-0.3, -0.25) is 0 Å². The molecule has 1 aliphatic rings. The maximum atomic E-state index is 10.7. The number of halogens is 1. The first-order chi connectivity index (χ1) is 6.76. The molecule has 0 spiro atoms. The molecule has 3 nitrogen and oxygen atoms in total. The number of aldehydes is 1. The highest BCUT2D eigenvalue weighted by molar-refractivity contribution is 6.30. The van der Waals surface area contributed by atoms with Crippen LogP contribution in [-0.4, -0.2) is 15.8 Å². The van der Waals surface area contributed by atoms with Crippen molar-refractivity contribution in [1.82, 2.24) is 9.55 Å². The Morgan fingerprint density at radius 1 is 1.71 bits per heavy atom. The summed E-state index contributed by atoms with van der Waals surface area (Å²) in [5.41, 5.74) is 1.10. The van der Waals surface area contributed by atoms with Crippen LogP contribution in [0.15, 0.2) is 0 Å². The fourth-order valence-corrected chi connectivity index (χ4v) is 2.28. The monoisotopic (exact) mass is 212 g/mol. The quantitative estimate of drug-likeness (QED) is 0.702. The Morgan fingerprint density at radius 2 is 2.50 bits per heavy atom. The summed E-state index contributed by atoms with van der Waals surface area (Å²) in [4.78, 5) is 15.0. The zero-order valence-corrected chi connectivity index (χ0v) is 8.92. The van der Waals surface area contributed by atoms with E-state index in [9.17, 15) is 4.79 Å². The fraction of sp³-hybridized carbons (Fsp3) is 0.600. The van der Waals surface area contributed by atoms with Crippen molar-refractivity contribution in [2.75, 3.05) is 0 Å². The molecule has 0 aromatic carbocycles. The van der Waals surface area contributed by atoms with Crippen molar-refractivity contribution in [2.45, 2.75) is 32.7 Å². The number of nitrogens with zero attached hydrogens (tertiary/aromatic N) is 2. The van der Waals surface area contributed by atoms with Gasteiger partial charge in [-0.05, 0) is 12.8 Å². The van der Waals surface area contributed by atoms with Crippen LogP contribution < -0.4 is 0 Å². The van der Waals surface area contributed by atoms with Crippen molar-refractivity contribution in [1.29, 1.82) is 0 Å². The molecule has 76 valence electrons. The average molecular weight is 213 g/mol. The number of hydrogen-bond donors (Lipinski definition) is 0. The molecule has 4 heteroatoms. The standard InChI is InChI=1S/C10H13ClN2O/c1-2-9-12-10(11)8-4-3-7(6-14)5-13(8)9/h6-7H,2-5H2,1H3. The van der Waals surface area contributed by atoms with Crippen LogP contribution in [0.25, 0.3) is 0 Å². The van der Waals surface area contributed by atoms with Crippen molar-refractivity contribution in [2.24, 2.45) is 5.92 Å². The van der Waals surface area contributed by atoms with Crippen molar-refractivity contribution >= 4 is 17.9 Å². The molecular weight excluding hydrogens is 200 g/mol. The van der Waals surface area contributed by atoms with Gasteiger partial charge in [0.15, 0.2) is 5.15 Å². The van der Waals surface area contributed by atoms with Gasteiger partial charge in [-0.15, -0.1) is 0 Å².